The summed E-state index contributed by atoms with van der Waals surface area (Å²) in [6, 6.07) is 5.18. The Bertz CT molecular complexity index is 587. The van der Waals surface area contributed by atoms with Gasteiger partial charge >= 0.3 is 0 Å². The first-order valence-electron chi connectivity index (χ1n) is 5.19. The monoisotopic (exact) mass is 345 g/mol. The van der Waals surface area contributed by atoms with Crippen LogP contribution in [-0.4, -0.2) is 15.5 Å². The minimum atomic E-state index is -0.204. The van der Waals surface area contributed by atoms with Gasteiger partial charge in [0.15, 0.2) is 0 Å². The normalized spacial score (nSPS) is 10.4. The summed E-state index contributed by atoms with van der Waals surface area (Å²) in [7, 11) is 0. The zero-order valence-electron chi connectivity index (χ0n) is 9.41. The third-order valence-corrected chi connectivity index (χ3v) is 3.93. The van der Waals surface area contributed by atoms with Gasteiger partial charge in [0.25, 0.3) is 5.91 Å². The maximum Gasteiger partial charge on any atom is 0.269 e. The third kappa shape index (κ3) is 2.88. The Labute approximate surface area is 122 Å². The highest BCUT2D eigenvalue weighted by Crippen LogP contribution is 2.26. The number of aromatic nitrogens is 2. The van der Waals surface area contributed by atoms with Gasteiger partial charge in [-0.15, -0.1) is 5.10 Å². The third-order valence-electron chi connectivity index (χ3n) is 2.28. The molecule has 18 heavy (non-hydrogen) atoms. The number of rotatable bonds is 3. The van der Waals surface area contributed by atoms with E-state index in [2.05, 4.69) is 30.8 Å². The first-order chi connectivity index (χ1) is 8.61. The van der Waals surface area contributed by atoms with Crippen LogP contribution in [0.5, 0.6) is 0 Å². The number of halogens is 2. The van der Waals surface area contributed by atoms with Crippen LogP contribution < -0.4 is 5.32 Å². The van der Waals surface area contributed by atoms with Gasteiger partial charge in [0, 0.05) is 9.50 Å². The molecular weight excluding hydrogens is 338 g/mol. The maximum absolute atomic E-state index is 12.1. The molecule has 0 aliphatic rings. The van der Waals surface area contributed by atoms with E-state index < -0.39 is 0 Å². The van der Waals surface area contributed by atoms with Crippen LogP contribution in [0.15, 0.2) is 22.7 Å². The lowest BCUT2D eigenvalue weighted by Gasteiger charge is -2.06. The predicted molar refractivity (Wildman–Crippen MR) is 76.4 cm³/mol. The van der Waals surface area contributed by atoms with E-state index in [0.717, 1.165) is 16.0 Å². The minimum Gasteiger partial charge on any atom is -0.320 e. The average Bonchev–Trinajstić information content (AvgIpc) is 2.81. The van der Waals surface area contributed by atoms with Crippen LogP contribution in [0.2, 0.25) is 5.02 Å². The molecule has 2 rings (SSSR count). The molecule has 0 saturated carbocycles. The van der Waals surface area contributed by atoms with E-state index in [-0.39, 0.29) is 5.91 Å². The summed E-state index contributed by atoms with van der Waals surface area (Å²) in [5, 5.41) is 7.31. The molecule has 1 heterocycles. The SMILES string of the molecule is CCc1nnsc1C(=O)Nc1ccc(Cl)cc1Br. The first-order valence-corrected chi connectivity index (χ1v) is 7.14. The summed E-state index contributed by atoms with van der Waals surface area (Å²) in [6.07, 6.45) is 0.682. The molecule has 4 nitrogen and oxygen atoms in total. The van der Waals surface area contributed by atoms with E-state index in [0.29, 0.717) is 27.7 Å². The largest absolute Gasteiger partial charge is 0.320 e. The topological polar surface area (TPSA) is 54.9 Å². The molecular formula is C11H9BrClN3OS. The van der Waals surface area contributed by atoms with Crippen molar-refractivity contribution in [2.75, 3.05) is 5.32 Å². The van der Waals surface area contributed by atoms with Crippen molar-refractivity contribution < 1.29 is 4.79 Å². The van der Waals surface area contributed by atoms with Crippen molar-refractivity contribution in [2.24, 2.45) is 0 Å². The lowest BCUT2D eigenvalue weighted by Crippen LogP contribution is -2.12. The Hall–Kier alpha value is -0.980. The van der Waals surface area contributed by atoms with Crippen LogP contribution in [0.4, 0.5) is 5.69 Å². The molecule has 94 valence electrons. The molecule has 0 fully saturated rings. The molecule has 1 aromatic carbocycles. The molecule has 0 saturated heterocycles. The molecule has 0 radical (unpaired) electrons. The van der Waals surface area contributed by atoms with E-state index in [1.54, 1.807) is 18.2 Å². The van der Waals surface area contributed by atoms with Gasteiger partial charge in [-0.25, -0.2) is 0 Å². The smallest absolute Gasteiger partial charge is 0.269 e. The van der Waals surface area contributed by atoms with Crippen LogP contribution in [0.25, 0.3) is 0 Å². The molecule has 1 aromatic heterocycles. The van der Waals surface area contributed by atoms with E-state index in [1.807, 2.05) is 6.92 Å². The first kappa shape index (κ1) is 13.5. The Balaban J connectivity index is 2.21. The second-order valence-corrected chi connectivity index (χ2v) is 5.53. The maximum atomic E-state index is 12.1. The van der Waals surface area contributed by atoms with Gasteiger partial charge in [-0.05, 0) is 52.1 Å². The Kier molecular flexibility index (Phi) is 4.31. The van der Waals surface area contributed by atoms with Crippen LogP contribution in [0.1, 0.15) is 22.3 Å². The molecule has 0 atom stereocenters. The summed E-state index contributed by atoms with van der Waals surface area (Å²) in [5.74, 6) is -0.204. The van der Waals surface area contributed by atoms with Gasteiger partial charge in [0.1, 0.15) is 4.88 Å². The number of carbonyl (C=O) groups excluding carboxylic acids is 1. The van der Waals surface area contributed by atoms with Crippen molar-refractivity contribution in [1.29, 1.82) is 0 Å². The second kappa shape index (κ2) is 5.77. The highest BCUT2D eigenvalue weighted by atomic mass is 79.9. The molecule has 0 unspecified atom stereocenters. The van der Waals surface area contributed by atoms with E-state index in [1.165, 1.54) is 0 Å². The van der Waals surface area contributed by atoms with Crippen molar-refractivity contribution >= 4 is 50.7 Å². The number of anilines is 1. The van der Waals surface area contributed by atoms with Gasteiger partial charge in [-0.1, -0.05) is 23.0 Å². The number of hydrogen-bond donors (Lipinski definition) is 1. The predicted octanol–water partition coefficient (Wildman–Crippen LogP) is 3.77. The molecule has 0 aliphatic heterocycles. The number of carbonyl (C=O) groups is 1. The fourth-order valence-electron chi connectivity index (χ4n) is 1.38. The van der Waals surface area contributed by atoms with Crippen molar-refractivity contribution in [2.45, 2.75) is 13.3 Å². The average molecular weight is 347 g/mol. The van der Waals surface area contributed by atoms with Crippen LogP contribution >= 0.6 is 39.1 Å². The van der Waals surface area contributed by atoms with Crippen molar-refractivity contribution in [3.05, 3.63) is 38.3 Å². The molecule has 0 spiro atoms. The summed E-state index contributed by atoms with van der Waals surface area (Å²) in [4.78, 5) is 12.6. The minimum absolute atomic E-state index is 0.204. The molecule has 0 aliphatic carbocycles. The summed E-state index contributed by atoms with van der Waals surface area (Å²) < 4.78 is 4.53. The van der Waals surface area contributed by atoms with E-state index >= 15 is 0 Å². The lowest BCUT2D eigenvalue weighted by atomic mass is 10.2. The van der Waals surface area contributed by atoms with Crippen LogP contribution in [0.3, 0.4) is 0 Å². The van der Waals surface area contributed by atoms with Gasteiger partial charge < -0.3 is 5.32 Å². The number of nitrogens with one attached hydrogen (secondary N) is 1. The summed E-state index contributed by atoms with van der Waals surface area (Å²) >= 11 is 10.3. The molecule has 1 N–H and O–H groups in total. The Morgan fingerprint density at radius 2 is 2.33 bits per heavy atom. The summed E-state index contributed by atoms with van der Waals surface area (Å²) in [5.41, 5.74) is 1.38. The van der Waals surface area contributed by atoms with Crippen LogP contribution in [0, 0.1) is 0 Å². The second-order valence-electron chi connectivity index (χ2n) is 3.48. The van der Waals surface area contributed by atoms with Gasteiger partial charge in [0.05, 0.1) is 11.4 Å². The van der Waals surface area contributed by atoms with Crippen molar-refractivity contribution in [3.63, 3.8) is 0 Å². The molecule has 2 aromatic rings. The van der Waals surface area contributed by atoms with E-state index in [9.17, 15) is 4.79 Å². The lowest BCUT2D eigenvalue weighted by molar-refractivity contribution is 0.102. The number of hydrogen-bond acceptors (Lipinski definition) is 4. The standard InChI is InChI=1S/C11H9BrClN3OS/c1-2-8-10(18-16-15-8)11(17)14-9-4-3-6(13)5-7(9)12/h3-5H,2H2,1H3,(H,14,17). The zero-order valence-corrected chi connectivity index (χ0v) is 12.6. The molecule has 1 amide bonds. The quantitative estimate of drug-likeness (QED) is 0.920. The van der Waals surface area contributed by atoms with Crippen molar-refractivity contribution in [1.82, 2.24) is 9.59 Å². The zero-order chi connectivity index (χ0) is 13.1. The fourth-order valence-corrected chi connectivity index (χ4v) is 2.81. The fraction of sp³-hybridized carbons (Fsp3) is 0.182. The van der Waals surface area contributed by atoms with Crippen molar-refractivity contribution in [3.8, 4) is 0 Å². The Morgan fingerprint density at radius 3 is 3.00 bits per heavy atom. The van der Waals surface area contributed by atoms with Gasteiger partial charge in [-0.3, -0.25) is 4.79 Å². The van der Waals surface area contributed by atoms with Gasteiger partial charge in [0.2, 0.25) is 0 Å². The van der Waals surface area contributed by atoms with Gasteiger partial charge in [-0.2, -0.15) is 0 Å². The Morgan fingerprint density at radius 1 is 1.56 bits per heavy atom. The highest BCUT2D eigenvalue weighted by molar-refractivity contribution is 9.10. The highest BCUT2D eigenvalue weighted by Gasteiger charge is 2.16. The molecule has 7 heteroatoms. The number of amides is 1. The van der Waals surface area contributed by atoms with E-state index in [4.69, 9.17) is 11.6 Å². The summed E-state index contributed by atoms with van der Waals surface area (Å²) in [6.45, 7) is 1.94. The van der Waals surface area contributed by atoms with Crippen LogP contribution in [-0.2, 0) is 6.42 Å². The molecule has 0 bridgehead atoms. The number of nitrogens with zero attached hydrogens (tertiary/aromatic N) is 2. The number of aryl methyl sites for hydroxylation is 1. The number of benzene rings is 1.